The number of aromatic amines is 1. The van der Waals surface area contributed by atoms with Gasteiger partial charge in [0, 0.05) is 16.8 Å². The van der Waals surface area contributed by atoms with Crippen LogP contribution in [0.3, 0.4) is 0 Å². The summed E-state index contributed by atoms with van der Waals surface area (Å²) in [5.41, 5.74) is 7.05. The minimum Gasteiger partial charge on any atom is -0.488 e. The molecule has 166 valence electrons. The molecule has 8 heteroatoms. The van der Waals surface area contributed by atoms with Crippen molar-refractivity contribution in [3.05, 3.63) is 76.6 Å². The van der Waals surface area contributed by atoms with Gasteiger partial charge >= 0.3 is 5.97 Å². The Morgan fingerprint density at radius 3 is 2.58 bits per heavy atom. The summed E-state index contributed by atoms with van der Waals surface area (Å²) < 4.78 is 11.2. The number of methoxy groups -OCH3 is 1. The maximum Gasteiger partial charge on any atom is 0.343 e. The minimum atomic E-state index is -0.418. The molecule has 0 unspecified atom stereocenters. The van der Waals surface area contributed by atoms with Crippen LogP contribution in [0.15, 0.2) is 48.5 Å². The molecular weight excluding hydrogens is 418 g/mol. The summed E-state index contributed by atoms with van der Waals surface area (Å²) >= 11 is 0. The first-order valence-corrected chi connectivity index (χ1v) is 10.8. The van der Waals surface area contributed by atoms with E-state index >= 15 is 0 Å². The number of benzene rings is 2. The van der Waals surface area contributed by atoms with Crippen molar-refractivity contribution in [2.45, 2.75) is 32.8 Å². The molecule has 0 fully saturated rings. The predicted molar refractivity (Wildman–Crippen MR) is 122 cm³/mol. The molecule has 1 aliphatic rings. The topological polar surface area (TPSA) is 103 Å². The number of fused-ring (bicyclic) bond motifs is 1. The van der Waals surface area contributed by atoms with Crippen LogP contribution in [0.2, 0.25) is 0 Å². The predicted octanol–water partition coefficient (Wildman–Crippen LogP) is 4.09. The molecule has 2 aromatic carbocycles. The van der Waals surface area contributed by atoms with Crippen LogP contribution < -0.4 is 4.74 Å². The van der Waals surface area contributed by atoms with Crippen LogP contribution in [-0.4, -0.2) is 38.7 Å². The Morgan fingerprint density at radius 2 is 1.85 bits per heavy atom. The molecule has 2 aromatic heterocycles. The molecule has 1 N–H and O–H groups in total. The number of carbonyl (C=O) groups is 1. The normalized spacial score (nSPS) is 12.4. The number of carbonyl (C=O) groups excluding carboxylic acids is 1. The molecule has 0 atom stereocenters. The van der Waals surface area contributed by atoms with E-state index in [1.165, 1.54) is 7.11 Å². The highest BCUT2D eigenvalue weighted by Gasteiger charge is 2.27. The largest absolute Gasteiger partial charge is 0.488 e. The number of hydrogen-bond acceptors (Lipinski definition) is 7. The van der Waals surface area contributed by atoms with E-state index in [0.29, 0.717) is 29.4 Å². The third-order valence-corrected chi connectivity index (χ3v) is 5.91. The molecule has 5 rings (SSSR count). The van der Waals surface area contributed by atoms with Gasteiger partial charge in [-0.25, -0.2) is 4.79 Å². The number of rotatable bonds is 6. The van der Waals surface area contributed by atoms with Crippen molar-refractivity contribution in [2.75, 3.05) is 7.11 Å². The summed E-state index contributed by atoms with van der Waals surface area (Å²) in [4.78, 5) is 17.1. The zero-order valence-electron chi connectivity index (χ0n) is 18.5. The summed E-state index contributed by atoms with van der Waals surface area (Å²) in [6, 6.07) is 16.1. The van der Waals surface area contributed by atoms with Crippen LogP contribution in [0, 0.1) is 6.92 Å². The average molecular weight is 441 g/mol. The number of aromatic nitrogens is 5. The number of nitrogens with one attached hydrogen (secondary N) is 1. The second-order valence-corrected chi connectivity index (χ2v) is 7.94. The van der Waals surface area contributed by atoms with Gasteiger partial charge in [-0.15, -0.1) is 10.2 Å². The first kappa shape index (κ1) is 20.8. The third kappa shape index (κ3) is 3.95. The summed E-state index contributed by atoms with van der Waals surface area (Å²) in [5, 5.41) is 14.4. The minimum absolute atomic E-state index is 0.340. The lowest BCUT2D eigenvalue weighted by Crippen LogP contribution is -2.12. The summed E-state index contributed by atoms with van der Waals surface area (Å²) in [5.74, 6) is 0.738. The SMILES string of the molecule is COC(=O)c1c(C)nc2c(c1OCc1ccc(-c3ccccc3-c3nn[nH]n3)cc1)CCC2. The molecule has 0 bridgehead atoms. The number of pyridine rings is 1. The maximum absolute atomic E-state index is 12.4. The van der Waals surface area contributed by atoms with E-state index in [1.54, 1.807) is 0 Å². The highest BCUT2D eigenvalue weighted by atomic mass is 16.5. The van der Waals surface area contributed by atoms with Crippen molar-refractivity contribution >= 4 is 5.97 Å². The molecule has 8 nitrogen and oxygen atoms in total. The first-order chi connectivity index (χ1) is 16.2. The van der Waals surface area contributed by atoms with Crippen LogP contribution >= 0.6 is 0 Å². The molecule has 2 heterocycles. The fourth-order valence-electron chi connectivity index (χ4n) is 4.31. The second-order valence-electron chi connectivity index (χ2n) is 7.94. The number of ether oxygens (including phenoxy) is 2. The van der Waals surface area contributed by atoms with Gasteiger partial charge in [-0.2, -0.15) is 5.21 Å². The smallest absolute Gasteiger partial charge is 0.343 e. The van der Waals surface area contributed by atoms with Gasteiger partial charge in [-0.3, -0.25) is 4.98 Å². The highest BCUT2D eigenvalue weighted by Crippen LogP contribution is 2.35. The van der Waals surface area contributed by atoms with Gasteiger partial charge in [-0.05, 0) is 48.1 Å². The van der Waals surface area contributed by atoms with Crippen LogP contribution in [0.4, 0.5) is 0 Å². The number of tetrazole rings is 1. The van der Waals surface area contributed by atoms with Crippen molar-refractivity contribution in [2.24, 2.45) is 0 Å². The molecule has 0 saturated heterocycles. The Bertz CT molecular complexity index is 1300. The standard InChI is InChI=1S/C25H23N5O3/c1-15-22(25(31)32-2)23(20-8-5-9-21(20)26-15)33-14-16-10-12-17(13-11-16)18-6-3-4-7-19(18)24-27-29-30-28-24/h3-4,6-7,10-13H,5,8-9,14H2,1-2H3,(H,27,28,29,30). The Balaban J connectivity index is 1.41. The van der Waals surface area contributed by atoms with E-state index < -0.39 is 5.97 Å². The van der Waals surface area contributed by atoms with Gasteiger partial charge in [0.2, 0.25) is 5.82 Å². The summed E-state index contributed by atoms with van der Waals surface area (Å²) in [6.07, 6.45) is 2.77. The summed E-state index contributed by atoms with van der Waals surface area (Å²) in [7, 11) is 1.38. The van der Waals surface area contributed by atoms with Gasteiger partial charge in [0.15, 0.2) is 0 Å². The van der Waals surface area contributed by atoms with Crippen molar-refractivity contribution in [3.8, 4) is 28.3 Å². The lowest BCUT2D eigenvalue weighted by molar-refractivity contribution is 0.0593. The van der Waals surface area contributed by atoms with Crippen LogP contribution in [0.25, 0.3) is 22.5 Å². The van der Waals surface area contributed by atoms with E-state index in [2.05, 4.69) is 25.6 Å². The van der Waals surface area contributed by atoms with Gasteiger partial charge in [0.1, 0.15) is 17.9 Å². The Labute approximate surface area is 191 Å². The third-order valence-electron chi connectivity index (χ3n) is 5.91. The van der Waals surface area contributed by atoms with Crippen LogP contribution in [-0.2, 0) is 24.2 Å². The van der Waals surface area contributed by atoms with Crippen molar-refractivity contribution in [1.29, 1.82) is 0 Å². The first-order valence-electron chi connectivity index (χ1n) is 10.8. The zero-order valence-corrected chi connectivity index (χ0v) is 18.5. The Hall–Kier alpha value is -4.07. The van der Waals surface area contributed by atoms with Crippen molar-refractivity contribution in [1.82, 2.24) is 25.6 Å². The lowest BCUT2D eigenvalue weighted by atomic mass is 9.98. The van der Waals surface area contributed by atoms with E-state index in [4.69, 9.17) is 9.47 Å². The molecule has 33 heavy (non-hydrogen) atoms. The van der Waals surface area contributed by atoms with Crippen molar-refractivity contribution < 1.29 is 14.3 Å². The van der Waals surface area contributed by atoms with Crippen LogP contribution in [0.1, 0.15) is 39.3 Å². The number of hydrogen-bond donors (Lipinski definition) is 1. The highest BCUT2D eigenvalue weighted by molar-refractivity contribution is 5.94. The fraction of sp³-hybridized carbons (Fsp3) is 0.240. The lowest BCUT2D eigenvalue weighted by Gasteiger charge is -2.16. The molecule has 0 amide bonds. The fourth-order valence-corrected chi connectivity index (χ4v) is 4.31. The van der Waals surface area contributed by atoms with Crippen molar-refractivity contribution in [3.63, 3.8) is 0 Å². The van der Waals surface area contributed by atoms with E-state index in [9.17, 15) is 4.79 Å². The van der Waals surface area contributed by atoms with Gasteiger partial charge < -0.3 is 9.47 Å². The molecule has 0 aliphatic heterocycles. The average Bonchev–Trinajstić information content (AvgIpc) is 3.54. The molecule has 0 spiro atoms. The van der Waals surface area contributed by atoms with E-state index in [1.807, 2.05) is 55.5 Å². The Morgan fingerprint density at radius 1 is 1.06 bits per heavy atom. The van der Waals surface area contributed by atoms with Gasteiger partial charge in [0.25, 0.3) is 0 Å². The van der Waals surface area contributed by atoms with E-state index in [-0.39, 0.29) is 0 Å². The van der Waals surface area contributed by atoms with Gasteiger partial charge in [-0.1, -0.05) is 48.5 Å². The number of nitrogens with zero attached hydrogens (tertiary/aromatic N) is 4. The molecule has 0 saturated carbocycles. The molecule has 4 aromatic rings. The molecule has 0 radical (unpaired) electrons. The van der Waals surface area contributed by atoms with Crippen LogP contribution in [0.5, 0.6) is 5.75 Å². The zero-order chi connectivity index (χ0) is 22.8. The van der Waals surface area contributed by atoms with E-state index in [0.717, 1.165) is 52.8 Å². The van der Waals surface area contributed by atoms with Gasteiger partial charge in [0.05, 0.1) is 12.8 Å². The monoisotopic (exact) mass is 441 g/mol. The molecular formula is C25H23N5O3. The Kier molecular flexibility index (Phi) is 5.56. The quantitative estimate of drug-likeness (QED) is 0.450. The number of H-pyrrole nitrogens is 1. The number of aryl methyl sites for hydroxylation is 2. The second kappa shape index (κ2) is 8.82. The number of esters is 1. The molecule has 1 aliphatic carbocycles. The summed E-state index contributed by atoms with van der Waals surface area (Å²) in [6.45, 7) is 2.17. The maximum atomic E-state index is 12.4.